The zero-order valence-electron chi connectivity index (χ0n) is 15.6. The Hall–Kier alpha value is -2.86. The molecule has 2 heterocycles. The number of fused-ring (bicyclic) bond motifs is 2. The minimum absolute atomic E-state index is 0.294. The first-order valence-corrected chi connectivity index (χ1v) is 9.88. The van der Waals surface area contributed by atoms with E-state index in [4.69, 9.17) is 9.15 Å². The summed E-state index contributed by atoms with van der Waals surface area (Å²) < 4.78 is 12.5. The molecule has 6 heteroatoms. The summed E-state index contributed by atoms with van der Waals surface area (Å²) in [4.78, 5) is 17.4. The van der Waals surface area contributed by atoms with Crippen molar-refractivity contribution in [2.75, 3.05) is 11.9 Å². The second-order valence-electron chi connectivity index (χ2n) is 6.51. The molecular formula is C22H19BrN2O3. The molecule has 0 bridgehead atoms. The molecule has 0 saturated heterocycles. The van der Waals surface area contributed by atoms with Crippen molar-refractivity contribution in [2.45, 2.75) is 20.3 Å². The van der Waals surface area contributed by atoms with Crippen LogP contribution in [0.4, 0.5) is 5.69 Å². The third kappa shape index (κ3) is 3.36. The number of furan rings is 1. The Balaban J connectivity index is 1.70. The number of carbonyl (C=O) groups excluding carboxylic acids is 1. The number of carbonyl (C=O) groups is 1. The van der Waals surface area contributed by atoms with Crippen molar-refractivity contribution in [3.05, 3.63) is 64.5 Å². The summed E-state index contributed by atoms with van der Waals surface area (Å²) in [5.41, 5.74) is 2.87. The molecule has 4 rings (SSSR count). The summed E-state index contributed by atoms with van der Waals surface area (Å²) in [5, 5.41) is 4.70. The molecule has 2 aromatic carbocycles. The fourth-order valence-corrected chi connectivity index (χ4v) is 3.52. The van der Waals surface area contributed by atoms with E-state index in [1.807, 2.05) is 49.4 Å². The molecule has 0 atom stereocenters. The van der Waals surface area contributed by atoms with Gasteiger partial charge in [0.15, 0.2) is 5.76 Å². The van der Waals surface area contributed by atoms with E-state index in [1.54, 1.807) is 6.20 Å². The van der Waals surface area contributed by atoms with Gasteiger partial charge in [0.25, 0.3) is 5.91 Å². The van der Waals surface area contributed by atoms with E-state index in [0.29, 0.717) is 29.4 Å². The SMILES string of the molecule is CCCOc1ccc(NC(=O)c2oc3cc(Br)ccc3c2C)c2cccnc12. The molecule has 1 amide bonds. The van der Waals surface area contributed by atoms with Crippen LogP contribution in [-0.2, 0) is 0 Å². The topological polar surface area (TPSA) is 64.4 Å². The highest BCUT2D eigenvalue weighted by Gasteiger charge is 2.19. The number of ether oxygens (including phenoxy) is 1. The van der Waals surface area contributed by atoms with Crippen LogP contribution in [0.3, 0.4) is 0 Å². The Kier molecular flexibility index (Phi) is 5.05. The molecule has 0 unspecified atom stereocenters. The minimum atomic E-state index is -0.294. The average Bonchev–Trinajstić information content (AvgIpc) is 3.03. The van der Waals surface area contributed by atoms with Crippen LogP contribution in [0.1, 0.15) is 29.5 Å². The van der Waals surface area contributed by atoms with E-state index < -0.39 is 0 Å². The van der Waals surface area contributed by atoms with Crippen LogP contribution in [0.25, 0.3) is 21.9 Å². The van der Waals surface area contributed by atoms with Gasteiger partial charge in [0.2, 0.25) is 0 Å². The zero-order valence-corrected chi connectivity index (χ0v) is 17.2. The smallest absolute Gasteiger partial charge is 0.291 e. The number of nitrogens with one attached hydrogen (secondary N) is 1. The van der Waals surface area contributed by atoms with Crippen molar-refractivity contribution in [1.29, 1.82) is 0 Å². The maximum atomic E-state index is 12.9. The van der Waals surface area contributed by atoms with Crippen molar-refractivity contribution in [2.24, 2.45) is 0 Å². The summed E-state index contributed by atoms with van der Waals surface area (Å²) in [7, 11) is 0. The van der Waals surface area contributed by atoms with E-state index >= 15 is 0 Å². The first-order chi connectivity index (χ1) is 13.6. The van der Waals surface area contributed by atoms with E-state index in [1.165, 1.54) is 0 Å². The summed E-state index contributed by atoms with van der Waals surface area (Å²) in [6.07, 6.45) is 2.63. The maximum Gasteiger partial charge on any atom is 0.291 e. The van der Waals surface area contributed by atoms with E-state index in [0.717, 1.165) is 32.7 Å². The van der Waals surface area contributed by atoms with Gasteiger partial charge < -0.3 is 14.5 Å². The van der Waals surface area contributed by atoms with Crippen LogP contribution >= 0.6 is 15.9 Å². The largest absolute Gasteiger partial charge is 0.491 e. The number of hydrogen-bond acceptors (Lipinski definition) is 4. The number of pyridine rings is 1. The molecule has 142 valence electrons. The first-order valence-electron chi connectivity index (χ1n) is 9.09. The van der Waals surface area contributed by atoms with Gasteiger partial charge in [0.1, 0.15) is 16.8 Å². The van der Waals surface area contributed by atoms with Gasteiger partial charge in [-0.05, 0) is 55.8 Å². The van der Waals surface area contributed by atoms with Gasteiger partial charge in [-0.1, -0.05) is 22.9 Å². The molecule has 0 aliphatic rings. The average molecular weight is 439 g/mol. The summed E-state index contributed by atoms with van der Waals surface area (Å²) in [6.45, 7) is 4.56. The second kappa shape index (κ2) is 7.64. The number of anilines is 1. The number of halogens is 1. The highest BCUT2D eigenvalue weighted by atomic mass is 79.9. The number of amides is 1. The highest BCUT2D eigenvalue weighted by Crippen LogP contribution is 2.32. The van der Waals surface area contributed by atoms with Crippen molar-refractivity contribution < 1.29 is 13.9 Å². The van der Waals surface area contributed by atoms with Crippen LogP contribution in [0.5, 0.6) is 5.75 Å². The summed E-state index contributed by atoms with van der Waals surface area (Å²) in [6, 6.07) is 13.2. The zero-order chi connectivity index (χ0) is 19.7. The number of aromatic nitrogens is 1. The normalized spacial score (nSPS) is 11.1. The molecule has 0 radical (unpaired) electrons. The second-order valence-corrected chi connectivity index (χ2v) is 7.43. The number of rotatable bonds is 5. The van der Waals surface area contributed by atoms with Crippen LogP contribution in [-0.4, -0.2) is 17.5 Å². The number of nitrogens with zero attached hydrogens (tertiary/aromatic N) is 1. The third-order valence-corrected chi connectivity index (χ3v) is 5.04. The van der Waals surface area contributed by atoms with Crippen molar-refractivity contribution >= 4 is 49.4 Å². The van der Waals surface area contributed by atoms with Crippen LogP contribution in [0.15, 0.2) is 57.6 Å². The van der Waals surface area contributed by atoms with Gasteiger partial charge in [-0.25, -0.2) is 0 Å². The Morgan fingerprint density at radius 2 is 2.07 bits per heavy atom. The highest BCUT2D eigenvalue weighted by molar-refractivity contribution is 9.10. The quantitative estimate of drug-likeness (QED) is 0.409. The van der Waals surface area contributed by atoms with Gasteiger partial charge in [-0.15, -0.1) is 0 Å². The fraction of sp³-hybridized carbons (Fsp3) is 0.182. The number of aryl methyl sites for hydroxylation is 1. The Morgan fingerprint density at radius 1 is 1.21 bits per heavy atom. The molecule has 0 saturated carbocycles. The van der Waals surface area contributed by atoms with Gasteiger partial charge >= 0.3 is 0 Å². The molecular weight excluding hydrogens is 420 g/mol. The number of benzene rings is 2. The molecule has 0 fully saturated rings. The van der Waals surface area contributed by atoms with Gasteiger partial charge in [0, 0.05) is 27.0 Å². The molecule has 4 aromatic rings. The fourth-order valence-electron chi connectivity index (χ4n) is 3.18. The lowest BCUT2D eigenvalue weighted by atomic mass is 10.1. The van der Waals surface area contributed by atoms with E-state index in [9.17, 15) is 4.79 Å². The van der Waals surface area contributed by atoms with Crippen molar-refractivity contribution in [3.63, 3.8) is 0 Å². The predicted molar refractivity (Wildman–Crippen MR) is 114 cm³/mol. The van der Waals surface area contributed by atoms with Gasteiger partial charge in [-0.3, -0.25) is 9.78 Å². The predicted octanol–water partition coefficient (Wildman–Crippen LogP) is 6.09. The van der Waals surface area contributed by atoms with Crippen LogP contribution in [0.2, 0.25) is 0 Å². The first kappa shape index (κ1) is 18.5. The summed E-state index contributed by atoms with van der Waals surface area (Å²) in [5.74, 6) is 0.717. The Labute approximate surface area is 170 Å². The lowest BCUT2D eigenvalue weighted by Crippen LogP contribution is -2.12. The molecule has 2 aromatic heterocycles. The minimum Gasteiger partial charge on any atom is -0.491 e. The van der Waals surface area contributed by atoms with E-state index in [-0.39, 0.29) is 5.91 Å². The van der Waals surface area contributed by atoms with Gasteiger partial charge in [0.05, 0.1) is 12.3 Å². The van der Waals surface area contributed by atoms with Crippen molar-refractivity contribution in [1.82, 2.24) is 4.98 Å². The standard InChI is InChI=1S/C22H19BrN2O3/c1-3-11-27-18-9-8-17(16-5-4-10-24-20(16)18)25-22(26)21-13(2)15-7-6-14(23)12-19(15)28-21/h4-10,12H,3,11H2,1-2H3,(H,25,26). The molecule has 0 aliphatic heterocycles. The summed E-state index contributed by atoms with van der Waals surface area (Å²) >= 11 is 3.43. The van der Waals surface area contributed by atoms with Crippen LogP contribution in [0, 0.1) is 6.92 Å². The maximum absolute atomic E-state index is 12.9. The monoisotopic (exact) mass is 438 g/mol. The molecule has 28 heavy (non-hydrogen) atoms. The Morgan fingerprint density at radius 3 is 2.89 bits per heavy atom. The molecule has 5 nitrogen and oxygen atoms in total. The van der Waals surface area contributed by atoms with Crippen LogP contribution < -0.4 is 10.1 Å². The lowest BCUT2D eigenvalue weighted by molar-refractivity contribution is 0.0998. The van der Waals surface area contributed by atoms with E-state index in [2.05, 4.69) is 33.2 Å². The van der Waals surface area contributed by atoms with Gasteiger partial charge in [-0.2, -0.15) is 0 Å². The number of hydrogen-bond donors (Lipinski definition) is 1. The molecule has 1 N–H and O–H groups in total. The lowest BCUT2D eigenvalue weighted by Gasteiger charge is -2.12. The Bertz CT molecular complexity index is 1180. The third-order valence-electron chi connectivity index (χ3n) is 4.55. The molecule has 0 spiro atoms. The molecule has 0 aliphatic carbocycles. The van der Waals surface area contributed by atoms with Crippen molar-refractivity contribution in [3.8, 4) is 5.75 Å².